The van der Waals surface area contributed by atoms with E-state index in [1.807, 2.05) is 0 Å². The van der Waals surface area contributed by atoms with E-state index in [-0.39, 0.29) is 11.1 Å². The Labute approximate surface area is 88.5 Å². The Kier molecular flexibility index (Phi) is 2.21. The van der Waals surface area contributed by atoms with Crippen molar-refractivity contribution in [2.75, 3.05) is 0 Å². The summed E-state index contributed by atoms with van der Waals surface area (Å²) in [6, 6.07) is 5.78. The van der Waals surface area contributed by atoms with Gasteiger partial charge in [-0.2, -0.15) is 17.2 Å². The average Bonchev–Trinajstić information content (AvgIpc) is 2.59. The molecule has 0 radical (unpaired) electrons. The molecule has 2 aromatic rings. The van der Waals surface area contributed by atoms with Crippen LogP contribution in [0.3, 0.4) is 0 Å². The number of benzene rings is 1. The first-order valence-electron chi connectivity index (χ1n) is 4.03. The number of para-hydroxylation sites is 2. The van der Waals surface area contributed by atoms with Crippen LogP contribution in [0, 0.1) is 0 Å². The summed E-state index contributed by atoms with van der Waals surface area (Å²) in [5.74, 6) is -1.35. The maximum absolute atomic E-state index is 13.1. The highest BCUT2D eigenvalue weighted by molar-refractivity contribution is 7.86. The lowest BCUT2D eigenvalue weighted by Gasteiger charge is -2.06. The van der Waals surface area contributed by atoms with Gasteiger partial charge in [-0.3, -0.25) is 4.55 Å². The van der Waals surface area contributed by atoms with E-state index in [4.69, 9.17) is 4.55 Å². The van der Waals surface area contributed by atoms with Gasteiger partial charge >= 0.3 is 15.4 Å². The zero-order valence-corrected chi connectivity index (χ0v) is 8.41. The molecule has 0 aliphatic rings. The predicted octanol–water partition coefficient (Wildman–Crippen LogP) is 1.76. The van der Waals surface area contributed by atoms with E-state index >= 15 is 0 Å². The zero-order valence-electron chi connectivity index (χ0n) is 7.59. The average molecular weight is 249 g/mol. The van der Waals surface area contributed by atoms with Crippen LogP contribution in [0.1, 0.15) is 5.89 Å². The van der Waals surface area contributed by atoms with Crippen LogP contribution in [0.4, 0.5) is 8.78 Å². The van der Waals surface area contributed by atoms with Crippen LogP contribution in [-0.4, -0.2) is 18.0 Å². The van der Waals surface area contributed by atoms with Gasteiger partial charge in [0, 0.05) is 0 Å². The Morgan fingerprint density at radius 2 is 1.94 bits per heavy atom. The molecule has 5 nitrogen and oxygen atoms in total. The van der Waals surface area contributed by atoms with E-state index in [9.17, 15) is 17.2 Å². The number of nitrogens with zero attached hydrogens (tertiary/aromatic N) is 1. The first-order valence-corrected chi connectivity index (χ1v) is 5.47. The molecule has 86 valence electrons. The summed E-state index contributed by atoms with van der Waals surface area (Å²) in [5, 5.41) is -4.55. The third kappa shape index (κ3) is 1.55. The fraction of sp³-hybridized carbons (Fsp3) is 0.125. The normalized spacial score (nSPS) is 13.2. The van der Waals surface area contributed by atoms with Crippen molar-refractivity contribution in [3.05, 3.63) is 30.2 Å². The molecule has 0 bridgehead atoms. The molecule has 0 amide bonds. The molecule has 0 unspecified atom stereocenters. The van der Waals surface area contributed by atoms with Gasteiger partial charge in [0.2, 0.25) is 0 Å². The van der Waals surface area contributed by atoms with Gasteiger partial charge in [0.1, 0.15) is 5.52 Å². The fourth-order valence-electron chi connectivity index (χ4n) is 1.11. The van der Waals surface area contributed by atoms with Crippen molar-refractivity contribution in [1.82, 2.24) is 4.98 Å². The number of halogens is 2. The number of alkyl halides is 2. The molecular weight excluding hydrogens is 244 g/mol. The Balaban J connectivity index is 2.65. The molecule has 0 aliphatic heterocycles. The molecule has 1 N–H and O–H groups in total. The standard InChI is InChI=1S/C8H5F2NO4S/c9-8(10,16(12,13)14)7-11-5-3-1-2-4-6(5)15-7/h1-4H,(H,12,13,14). The lowest BCUT2D eigenvalue weighted by molar-refractivity contribution is 0.0505. The number of fused-ring (bicyclic) bond motifs is 1. The maximum atomic E-state index is 13.1. The molecule has 0 fully saturated rings. The minimum atomic E-state index is -5.59. The molecule has 0 aliphatic carbocycles. The van der Waals surface area contributed by atoms with Crippen LogP contribution in [0.15, 0.2) is 28.7 Å². The number of hydrogen-bond acceptors (Lipinski definition) is 4. The summed E-state index contributed by atoms with van der Waals surface area (Å²) in [7, 11) is -5.59. The molecule has 2 rings (SSSR count). The highest BCUT2D eigenvalue weighted by atomic mass is 32.2. The molecule has 16 heavy (non-hydrogen) atoms. The third-order valence-electron chi connectivity index (χ3n) is 1.87. The minimum Gasteiger partial charge on any atom is -0.434 e. The zero-order chi connectivity index (χ0) is 12.0. The van der Waals surface area contributed by atoms with E-state index < -0.39 is 21.3 Å². The van der Waals surface area contributed by atoms with E-state index in [1.165, 1.54) is 24.3 Å². The Hall–Kier alpha value is -1.54. The summed E-state index contributed by atoms with van der Waals surface area (Å²) in [5.41, 5.74) is 0.0988. The highest BCUT2D eigenvalue weighted by Crippen LogP contribution is 2.34. The maximum Gasteiger partial charge on any atom is 0.444 e. The van der Waals surface area contributed by atoms with Crippen molar-refractivity contribution in [2.45, 2.75) is 5.25 Å². The van der Waals surface area contributed by atoms with Gasteiger partial charge in [-0.1, -0.05) is 12.1 Å². The SMILES string of the molecule is O=S(=O)(O)C(F)(F)c1nc2ccccc2o1. The molecule has 8 heteroatoms. The van der Waals surface area contributed by atoms with Crippen molar-refractivity contribution in [1.29, 1.82) is 0 Å². The molecule has 1 aromatic heterocycles. The Morgan fingerprint density at radius 1 is 1.31 bits per heavy atom. The van der Waals surface area contributed by atoms with Crippen molar-refractivity contribution < 1.29 is 26.2 Å². The molecule has 0 atom stereocenters. The first kappa shape index (κ1) is 11.0. The van der Waals surface area contributed by atoms with Crippen LogP contribution in [0.25, 0.3) is 11.1 Å². The van der Waals surface area contributed by atoms with Gasteiger partial charge in [-0.05, 0) is 12.1 Å². The second-order valence-corrected chi connectivity index (χ2v) is 4.44. The Morgan fingerprint density at radius 3 is 2.50 bits per heavy atom. The summed E-state index contributed by atoms with van der Waals surface area (Å²) in [4.78, 5) is 3.30. The van der Waals surface area contributed by atoms with E-state index in [0.717, 1.165) is 0 Å². The lowest BCUT2D eigenvalue weighted by atomic mass is 10.3. The van der Waals surface area contributed by atoms with E-state index in [2.05, 4.69) is 9.40 Å². The van der Waals surface area contributed by atoms with Gasteiger partial charge < -0.3 is 4.42 Å². The van der Waals surface area contributed by atoms with Gasteiger partial charge in [0.15, 0.2) is 5.58 Å². The Bertz CT molecular complexity index is 601. The summed E-state index contributed by atoms with van der Waals surface area (Å²) in [6.45, 7) is 0. The first-order chi connectivity index (χ1) is 7.32. The number of rotatable bonds is 2. The smallest absolute Gasteiger partial charge is 0.434 e. The molecular formula is C8H5F2NO4S. The van der Waals surface area contributed by atoms with Crippen LogP contribution < -0.4 is 0 Å². The van der Waals surface area contributed by atoms with Crippen LogP contribution in [0.5, 0.6) is 0 Å². The van der Waals surface area contributed by atoms with Crippen LogP contribution in [-0.2, 0) is 15.4 Å². The van der Waals surface area contributed by atoms with Gasteiger partial charge in [-0.25, -0.2) is 4.98 Å². The largest absolute Gasteiger partial charge is 0.444 e. The molecule has 0 spiro atoms. The quantitative estimate of drug-likeness (QED) is 0.820. The van der Waals surface area contributed by atoms with Gasteiger partial charge in [0.25, 0.3) is 5.89 Å². The molecule has 1 aromatic carbocycles. The second-order valence-electron chi connectivity index (χ2n) is 2.98. The van der Waals surface area contributed by atoms with Crippen LogP contribution in [0.2, 0.25) is 0 Å². The molecule has 0 saturated heterocycles. The lowest BCUT2D eigenvalue weighted by Crippen LogP contribution is -2.25. The number of hydrogen-bond donors (Lipinski definition) is 1. The topological polar surface area (TPSA) is 80.4 Å². The highest BCUT2D eigenvalue weighted by Gasteiger charge is 2.51. The molecule has 1 heterocycles. The van der Waals surface area contributed by atoms with Crippen molar-refractivity contribution in [3.8, 4) is 0 Å². The fourth-order valence-corrected chi connectivity index (χ4v) is 1.42. The monoisotopic (exact) mass is 249 g/mol. The minimum absolute atomic E-state index is 0.0147. The second kappa shape index (κ2) is 3.22. The number of oxazole rings is 1. The van der Waals surface area contributed by atoms with Gasteiger partial charge in [0.05, 0.1) is 0 Å². The van der Waals surface area contributed by atoms with Gasteiger partial charge in [-0.15, -0.1) is 0 Å². The summed E-state index contributed by atoms with van der Waals surface area (Å²) < 4.78 is 60.0. The van der Waals surface area contributed by atoms with Crippen molar-refractivity contribution in [3.63, 3.8) is 0 Å². The van der Waals surface area contributed by atoms with E-state index in [1.54, 1.807) is 0 Å². The predicted molar refractivity (Wildman–Crippen MR) is 49.5 cm³/mol. The van der Waals surface area contributed by atoms with Crippen molar-refractivity contribution in [2.24, 2.45) is 0 Å². The van der Waals surface area contributed by atoms with E-state index in [0.29, 0.717) is 0 Å². The van der Waals surface area contributed by atoms with Crippen molar-refractivity contribution >= 4 is 21.2 Å². The third-order valence-corrected chi connectivity index (χ3v) is 2.69. The summed E-state index contributed by atoms with van der Waals surface area (Å²) >= 11 is 0. The molecule has 0 saturated carbocycles. The number of aromatic nitrogens is 1. The summed E-state index contributed by atoms with van der Waals surface area (Å²) in [6.07, 6.45) is 0. The van der Waals surface area contributed by atoms with Crippen LogP contribution >= 0.6 is 0 Å².